The number of hydrogen-bond acceptors (Lipinski definition) is 2. The molecule has 1 unspecified atom stereocenters. The van der Waals surface area contributed by atoms with E-state index in [0.29, 0.717) is 13.1 Å². The fourth-order valence-electron chi connectivity index (χ4n) is 2.81. The third kappa shape index (κ3) is 3.19. The Morgan fingerprint density at radius 3 is 2.75 bits per heavy atom. The van der Waals surface area contributed by atoms with Gasteiger partial charge >= 0.3 is 5.97 Å². The van der Waals surface area contributed by atoms with Crippen LogP contribution in [0.5, 0.6) is 0 Å². The summed E-state index contributed by atoms with van der Waals surface area (Å²) in [5, 5.41) is 13.1. The zero-order valence-corrected chi connectivity index (χ0v) is 9.77. The highest BCUT2D eigenvalue weighted by molar-refractivity contribution is 5.73. The fourth-order valence-corrected chi connectivity index (χ4v) is 2.81. The lowest BCUT2D eigenvalue weighted by molar-refractivity contribution is -0.140. The van der Waals surface area contributed by atoms with Gasteiger partial charge in [0.15, 0.2) is 0 Å². The first-order valence-electron chi connectivity index (χ1n) is 6.37. The van der Waals surface area contributed by atoms with E-state index in [2.05, 4.69) is 10.2 Å². The van der Waals surface area contributed by atoms with E-state index in [4.69, 9.17) is 5.11 Å². The Hall–Kier alpha value is -0.610. The van der Waals surface area contributed by atoms with Crippen molar-refractivity contribution in [3.8, 4) is 0 Å². The van der Waals surface area contributed by atoms with Crippen LogP contribution in [0.15, 0.2) is 0 Å². The summed E-state index contributed by atoms with van der Waals surface area (Å²) in [6.07, 6.45) is 6.73. The largest absolute Gasteiger partial charge is 0.480 e. The summed E-state index contributed by atoms with van der Waals surface area (Å²) in [4.78, 5) is 13.2. The van der Waals surface area contributed by atoms with Gasteiger partial charge in [-0.15, -0.1) is 0 Å². The van der Waals surface area contributed by atoms with E-state index < -0.39 is 12.0 Å². The molecule has 1 heterocycles. The number of carbonyl (C=O) groups is 1. The second kappa shape index (κ2) is 5.64. The van der Waals surface area contributed by atoms with Gasteiger partial charge in [-0.05, 0) is 18.8 Å². The van der Waals surface area contributed by atoms with Crippen LogP contribution >= 0.6 is 0 Å². The van der Waals surface area contributed by atoms with Gasteiger partial charge in [0.05, 0.1) is 0 Å². The Kier molecular flexibility index (Phi) is 4.18. The lowest BCUT2D eigenvalue weighted by Gasteiger charge is -2.34. The molecule has 2 aliphatic rings. The fraction of sp³-hybridized carbons (Fsp3) is 0.917. The van der Waals surface area contributed by atoms with Crippen molar-refractivity contribution in [1.29, 1.82) is 0 Å². The molecular weight excluding hydrogens is 204 g/mol. The number of carboxylic acids is 1. The molecule has 4 heteroatoms. The molecule has 4 nitrogen and oxygen atoms in total. The highest BCUT2D eigenvalue weighted by Gasteiger charge is 2.27. The van der Waals surface area contributed by atoms with Gasteiger partial charge in [-0.25, -0.2) is 5.32 Å². The minimum atomic E-state index is -0.770. The van der Waals surface area contributed by atoms with Gasteiger partial charge in [-0.3, -0.25) is 9.69 Å². The van der Waals surface area contributed by atoms with Crippen LogP contribution in [0.3, 0.4) is 0 Å². The molecule has 0 aromatic rings. The molecule has 0 aromatic carbocycles. The molecule has 0 spiro atoms. The molecule has 1 N–H and O–H groups in total. The van der Waals surface area contributed by atoms with Gasteiger partial charge in [0.2, 0.25) is 0 Å². The lowest BCUT2D eigenvalue weighted by Crippen LogP contribution is -2.51. The van der Waals surface area contributed by atoms with E-state index in [-0.39, 0.29) is 0 Å². The Morgan fingerprint density at radius 1 is 1.31 bits per heavy atom. The quantitative estimate of drug-likeness (QED) is 0.777. The third-order valence-electron chi connectivity index (χ3n) is 3.72. The van der Waals surface area contributed by atoms with Crippen LogP contribution < -0.4 is 5.32 Å². The van der Waals surface area contributed by atoms with Crippen LogP contribution in [0.4, 0.5) is 0 Å². The molecule has 0 bridgehead atoms. The monoisotopic (exact) mass is 225 g/mol. The second-order valence-electron chi connectivity index (χ2n) is 5.02. The first-order chi connectivity index (χ1) is 7.75. The summed E-state index contributed by atoms with van der Waals surface area (Å²) in [6, 6.07) is -0.489. The average Bonchev–Trinajstić information content (AvgIpc) is 2.30. The number of aliphatic carboxylic acids is 1. The van der Waals surface area contributed by atoms with Crippen LogP contribution in [-0.4, -0.2) is 48.2 Å². The Balaban J connectivity index is 1.78. The van der Waals surface area contributed by atoms with Crippen molar-refractivity contribution in [3.63, 3.8) is 0 Å². The topological polar surface area (TPSA) is 54.6 Å². The van der Waals surface area contributed by atoms with Crippen molar-refractivity contribution in [2.45, 2.75) is 38.1 Å². The summed E-state index contributed by atoms with van der Waals surface area (Å²) in [5.41, 5.74) is 0. The Labute approximate surface area is 97.0 Å². The summed E-state index contributed by atoms with van der Waals surface area (Å²) in [6.45, 7) is 3.33. The maximum Gasteiger partial charge on any atom is 0.323 e. The highest BCUT2D eigenvalue weighted by atomic mass is 16.4. The molecule has 1 aliphatic carbocycles. The van der Waals surface area contributed by atoms with Crippen molar-refractivity contribution in [2.24, 2.45) is 5.92 Å². The number of nitrogens with zero attached hydrogens (tertiary/aromatic N) is 2. The van der Waals surface area contributed by atoms with Gasteiger partial charge in [0.25, 0.3) is 0 Å². The van der Waals surface area contributed by atoms with E-state index in [9.17, 15) is 4.79 Å². The molecule has 2 rings (SSSR count). The third-order valence-corrected chi connectivity index (χ3v) is 3.72. The predicted octanol–water partition coefficient (Wildman–Crippen LogP) is 0.940. The normalized spacial score (nSPS) is 29.1. The van der Waals surface area contributed by atoms with E-state index in [1.165, 1.54) is 32.1 Å². The Morgan fingerprint density at radius 2 is 2.06 bits per heavy atom. The molecule has 1 saturated carbocycles. The number of carboxylic acid groups (broad SMARTS) is 1. The van der Waals surface area contributed by atoms with Crippen molar-refractivity contribution < 1.29 is 9.90 Å². The molecule has 1 aliphatic heterocycles. The Bertz CT molecular complexity index is 239. The molecule has 1 atom stereocenters. The molecule has 0 amide bonds. The first kappa shape index (κ1) is 11.9. The minimum absolute atomic E-state index is 0.489. The van der Waals surface area contributed by atoms with Gasteiger partial charge in [-0.2, -0.15) is 0 Å². The van der Waals surface area contributed by atoms with E-state index >= 15 is 0 Å². The summed E-state index contributed by atoms with van der Waals surface area (Å²) in [5.74, 6) is 0.0228. The van der Waals surface area contributed by atoms with Crippen LogP contribution in [-0.2, 0) is 4.79 Å². The minimum Gasteiger partial charge on any atom is -0.480 e. The molecule has 1 radical (unpaired) electrons. The van der Waals surface area contributed by atoms with Crippen LogP contribution in [0.25, 0.3) is 0 Å². The molecular formula is C12H21N2O2. The van der Waals surface area contributed by atoms with Crippen molar-refractivity contribution >= 4 is 5.97 Å². The predicted molar refractivity (Wildman–Crippen MR) is 61.4 cm³/mol. The summed E-state index contributed by atoms with van der Waals surface area (Å²) < 4.78 is 0. The first-order valence-corrected chi connectivity index (χ1v) is 6.37. The van der Waals surface area contributed by atoms with E-state index in [1.54, 1.807) is 0 Å². The van der Waals surface area contributed by atoms with E-state index in [1.807, 2.05) is 0 Å². The second-order valence-corrected chi connectivity index (χ2v) is 5.02. The molecule has 91 valence electrons. The summed E-state index contributed by atoms with van der Waals surface area (Å²) in [7, 11) is 0. The number of piperazine rings is 1. The molecule has 1 saturated heterocycles. The van der Waals surface area contributed by atoms with Gasteiger partial charge in [-0.1, -0.05) is 19.3 Å². The zero-order chi connectivity index (χ0) is 11.4. The van der Waals surface area contributed by atoms with Crippen LogP contribution in [0.2, 0.25) is 0 Å². The van der Waals surface area contributed by atoms with Gasteiger partial charge in [0.1, 0.15) is 6.04 Å². The van der Waals surface area contributed by atoms with Gasteiger partial charge < -0.3 is 5.11 Å². The molecule has 2 fully saturated rings. The standard InChI is InChI=1S/C12H21N2O2/c15-12(16)11-9-14(7-6-13-11)8-10-4-2-1-3-5-10/h10-11H,1-9H2,(H,15,16). The van der Waals surface area contributed by atoms with Crippen molar-refractivity contribution in [1.82, 2.24) is 10.2 Å². The number of hydrogen-bond donors (Lipinski definition) is 1. The van der Waals surface area contributed by atoms with Crippen LogP contribution in [0.1, 0.15) is 32.1 Å². The number of rotatable bonds is 3. The molecule has 0 aromatic heterocycles. The molecule has 16 heavy (non-hydrogen) atoms. The maximum absolute atomic E-state index is 10.9. The summed E-state index contributed by atoms with van der Waals surface area (Å²) >= 11 is 0. The van der Waals surface area contributed by atoms with Crippen molar-refractivity contribution in [2.75, 3.05) is 26.2 Å². The SMILES string of the molecule is O=C(O)C1CN(CC2CCCCC2)CC[N]1. The van der Waals surface area contributed by atoms with Crippen LogP contribution in [0, 0.1) is 5.92 Å². The van der Waals surface area contributed by atoms with Gasteiger partial charge in [0, 0.05) is 26.2 Å². The van der Waals surface area contributed by atoms with Crippen molar-refractivity contribution in [3.05, 3.63) is 0 Å². The maximum atomic E-state index is 10.9. The zero-order valence-electron chi connectivity index (χ0n) is 9.77. The average molecular weight is 225 g/mol. The smallest absolute Gasteiger partial charge is 0.323 e. The highest BCUT2D eigenvalue weighted by Crippen LogP contribution is 2.24. The lowest BCUT2D eigenvalue weighted by atomic mass is 9.88. The van der Waals surface area contributed by atoms with E-state index in [0.717, 1.165) is 19.0 Å².